The molecule has 0 saturated heterocycles. The van der Waals surface area contributed by atoms with Gasteiger partial charge >= 0.3 is 11.9 Å². The number of carboxylic acid groups (broad SMARTS) is 2. The van der Waals surface area contributed by atoms with E-state index in [-0.39, 0.29) is 16.8 Å². The van der Waals surface area contributed by atoms with Gasteiger partial charge in [0.1, 0.15) is 0 Å². The first-order valence-corrected chi connectivity index (χ1v) is 4.30. The maximum Gasteiger partial charge on any atom is 0.337 e. The molecule has 1 aromatic rings. The van der Waals surface area contributed by atoms with Gasteiger partial charge in [-0.15, -0.1) is 0 Å². The van der Waals surface area contributed by atoms with E-state index in [1.54, 1.807) is 0 Å². The van der Waals surface area contributed by atoms with Gasteiger partial charge in [0.25, 0.3) is 0 Å². The fraction of sp³-hybridized carbons (Fsp3) is 0.100. The summed E-state index contributed by atoms with van der Waals surface area (Å²) in [7, 11) is 0. The molecule has 0 aromatic heterocycles. The molecule has 0 aliphatic rings. The number of rotatable bonds is 3. The van der Waals surface area contributed by atoms with Crippen molar-refractivity contribution in [2.45, 2.75) is 6.92 Å². The number of anilines is 1. The van der Waals surface area contributed by atoms with E-state index in [4.69, 9.17) is 10.2 Å². The van der Waals surface area contributed by atoms with E-state index in [1.807, 2.05) is 0 Å². The molecule has 84 valence electrons. The third-order valence-corrected chi connectivity index (χ3v) is 1.83. The molecule has 16 heavy (non-hydrogen) atoms. The van der Waals surface area contributed by atoms with Crippen molar-refractivity contribution in [3.63, 3.8) is 0 Å². The van der Waals surface area contributed by atoms with E-state index in [1.165, 1.54) is 25.1 Å². The van der Waals surface area contributed by atoms with Crippen LogP contribution in [-0.4, -0.2) is 28.1 Å². The normalized spacial score (nSPS) is 9.56. The maximum atomic E-state index is 10.9. The van der Waals surface area contributed by atoms with E-state index in [9.17, 15) is 14.4 Å². The van der Waals surface area contributed by atoms with Gasteiger partial charge < -0.3 is 15.5 Å². The number of amides is 1. The number of hydrogen-bond acceptors (Lipinski definition) is 3. The molecule has 0 unspecified atom stereocenters. The van der Waals surface area contributed by atoms with E-state index < -0.39 is 17.8 Å². The van der Waals surface area contributed by atoms with Crippen LogP contribution in [-0.2, 0) is 4.79 Å². The molecule has 0 fully saturated rings. The number of carboxylic acids is 2. The second-order valence-corrected chi connectivity index (χ2v) is 3.02. The van der Waals surface area contributed by atoms with Gasteiger partial charge in [-0.3, -0.25) is 4.79 Å². The molecule has 6 heteroatoms. The van der Waals surface area contributed by atoms with Gasteiger partial charge in [0.2, 0.25) is 5.91 Å². The van der Waals surface area contributed by atoms with Crippen LogP contribution in [0.4, 0.5) is 5.69 Å². The minimum absolute atomic E-state index is 0.199. The molecule has 1 aromatic carbocycles. The van der Waals surface area contributed by atoms with Gasteiger partial charge in [-0.05, 0) is 12.1 Å². The molecule has 0 heterocycles. The lowest BCUT2D eigenvalue weighted by Crippen LogP contribution is -2.15. The van der Waals surface area contributed by atoms with Crippen LogP contribution in [0.15, 0.2) is 18.2 Å². The Morgan fingerprint density at radius 1 is 1.06 bits per heavy atom. The minimum Gasteiger partial charge on any atom is -0.478 e. The highest BCUT2D eigenvalue weighted by Gasteiger charge is 2.18. The van der Waals surface area contributed by atoms with Gasteiger partial charge in [-0.2, -0.15) is 0 Å². The van der Waals surface area contributed by atoms with E-state index in [0.29, 0.717) is 0 Å². The largest absolute Gasteiger partial charge is 0.478 e. The molecule has 0 aliphatic carbocycles. The fourth-order valence-electron chi connectivity index (χ4n) is 1.22. The molecule has 3 N–H and O–H groups in total. The lowest BCUT2D eigenvalue weighted by atomic mass is 10.1. The Kier molecular flexibility index (Phi) is 3.24. The van der Waals surface area contributed by atoms with Gasteiger partial charge in [0, 0.05) is 6.92 Å². The zero-order chi connectivity index (χ0) is 12.3. The number of benzene rings is 1. The third kappa shape index (κ3) is 2.35. The second-order valence-electron chi connectivity index (χ2n) is 3.02. The molecule has 6 nitrogen and oxygen atoms in total. The summed E-state index contributed by atoms with van der Waals surface area (Å²) in [6.45, 7) is 1.17. The monoisotopic (exact) mass is 223 g/mol. The van der Waals surface area contributed by atoms with Crippen LogP contribution in [0.1, 0.15) is 27.6 Å². The molecular weight excluding hydrogens is 214 g/mol. The molecule has 0 spiro atoms. The van der Waals surface area contributed by atoms with E-state index in [2.05, 4.69) is 5.32 Å². The number of para-hydroxylation sites is 1. The van der Waals surface area contributed by atoms with Gasteiger partial charge in [-0.1, -0.05) is 6.07 Å². The van der Waals surface area contributed by atoms with Crippen molar-refractivity contribution in [1.82, 2.24) is 0 Å². The molecule has 0 radical (unpaired) electrons. The standard InChI is InChI=1S/C10H9NO5/c1-5(12)11-8-6(9(13)14)3-2-4-7(8)10(15)16/h2-4H,1H3,(H,11,12)(H,13,14)(H,15,16). The molecule has 0 bridgehead atoms. The molecule has 0 atom stereocenters. The third-order valence-electron chi connectivity index (χ3n) is 1.83. The number of carbonyl (C=O) groups excluding carboxylic acids is 1. The second kappa shape index (κ2) is 4.43. The smallest absolute Gasteiger partial charge is 0.337 e. The average molecular weight is 223 g/mol. The Morgan fingerprint density at radius 2 is 1.50 bits per heavy atom. The summed E-state index contributed by atoms with van der Waals surface area (Å²) in [5, 5.41) is 19.9. The van der Waals surface area contributed by atoms with E-state index in [0.717, 1.165) is 0 Å². The van der Waals surface area contributed by atoms with Gasteiger partial charge in [-0.25, -0.2) is 9.59 Å². The minimum atomic E-state index is -1.30. The first-order valence-electron chi connectivity index (χ1n) is 4.30. The SMILES string of the molecule is CC(=O)Nc1c(C(=O)O)cccc1C(=O)O. The Bertz CT molecular complexity index is 434. The van der Waals surface area contributed by atoms with Crippen molar-refractivity contribution in [2.24, 2.45) is 0 Å². The Balaban J connectivity index is 3.40. The Labute approximate surface area is 90.5 Å². The first-order chi connectivity index (χ1) is 7.43. The van der Waals surface area contributed by atoms with Crippen LogP contribution in [0.3, 0.4) is 0 Å². The first kappa shape index (κ1) is 11.7. The van der Waals surface area contributed by atoms with Crippen LogP contribution in [0.2, 0.25) is 0 Å². The quantitative estimate of drug-likeness (QED) is 0.710. The Morgan fingerprint density at radius 3 is 1.81 bits per heavy atom. The zero-order valence-corrected chi connectivity index (χ0v) is 8.35. The van der Waals surface area contributed by atoms with Crippen molar-refractivity contribution in [1.29, 1.82) is 0 Å². The number of nitrogens with one attached hydrogen (secondary N) is 1. The van der Waals surface area contributed by atoms with Crippen LogP contribution in [0.25, 0.3) is 0 Å². The average Bonchev–Trinajstić information content (AvgIpc) is 2.16. The molecular formula is C10H9NO5. The summed E-state index contributed by atoms with van der Waals surface area (Å²) in [5.74, 6) is -3.13. The summed E-state index contributed by atoms with van der Waals surface area (Å²) in [4.78, 5) is 32.5. The highest BCUT2D eigenvalue weighted by Crippen LogP contribution is 2.21. The number of hydrogen-bond donors (Lipinski definition) is 3. The molecule has 1 rings (SSSR count). The van der Waals surface area contributed by atoms with Crippen molar-refractivity contribution in [3.8, 4) is 0 Å². The number of carbonyl (C=O) groups is 3. The number of aromatic carboxylic acids is 2. The van der Waals surface area contributed by atoms with Gasteiger partial charge in [0.15, 0.2) is 0 Å². The summed E-state index contributed by atoms with van der Waals surface area (Å²) in [6, 6.07) is 3.75. The highest BCUT2D eigenvalue weighted by atomic mass is 16.4. The molecule has 1 amide bonds. The van der Waals surface area contributed by atoms with Crippen LogP contribution in [0, 0.1) is 0 Å². The van der Waals surface area contributed by atoms with Crippen molar-refractivity contribution < 1.29 is 24.6 Å². The summed E-state index contributed by atoms with van der Waals surface area (Å²) >= 11 is 0. The van der Waals surface area contributed by atoms with E-state index >= 15 is 0 Å². The van der Waals surface area contributed by atoms with Crippen molar-refractivity contribution >= 4 is 23.5 Å². The predicted octanol–water partition coefficient (Wildman–Crippen LogP) is 1.04. The lowest BCUT2D eigenvalue weighted by Gasteiger charge is -2.09. The maximum absolute atomic E-state index is 10.9. The van der Waals surface area contributed by atoms with Crippen LogP contribution >= 0.6 is 0 Å². The van der Waals surface area contributed by atoms with Crippen molar-refractivity contribution in [2.75, 3.05) is 5.32 Å². The summed E-state index contributed by atoms with van der Waals surface area (Å²) in [5.41, 5.74) is -0.708. The van der Waals surface area contributed by atoms with Crippen LogP contribution < -0.4 is 5.32 Å². The molecule has 0 aliphatic heterocycles. The Hall–Kier alpha value is -2.37. The van der Waals surface area contributed by atoms with Crippen LogP contribution in [0.5, 0.6) is 0 Å². The topological polar surface area (TPSA) is 104 Å². The summed E-state index contributed by atoms with van der Waals surface area (Å²) < 4.78 is 0. The van der Waals surface area contributed by atoms with Gasteiger partial charge in [0.05, 0.1) is 16.8 Å². The predicted molar refractivity (Wildman–Crippen MR) is 54.7 cm³/mol. The lowest BCUT2D eigenvalue weighted by molar-refractivity contribution is -0.114. The highest BCUT2D eigenvalue weighted by molar-refractivity contribution is 6.07. The fourth-order valence-corrected chi connectivity index (χ4v) is 1.22. The molecule has 0 saturated carbocycles. The zero-order valence-electron chi connectivity index (χ0n) is 8.35. The van der Waals surface area contributed by atoms with Crippen molar-refractivity contribution in [3.05, 3.63) is 29.3 Å². The summed E-state index contributed by atoms with van der Waals surface area (Å²) in [6.07, 6.45) is 0.